The summed E-state index contributed by atoms with van der Waals surface area (Å²) < 4.78 is 164. The second-order valence-electron chi connectivity index (χ2n) is 11.1. The number of hydrogen-bond donors (Lipinski definition) is 2. The number of alkyl halides is 6. The number of aryl methyl sites for hydroxylation is 1. The second-order valence-corrected chi connectivity index (χ2v) is 14.1. The molecule has 0 aliphatic carbocycles. The van der Waals surface area contributed by atoms with Gasteiger partial charge in [0.05, 0.1) is 34.3 Å². The number of hydrogen-bond acceptors (Lipinski definition) is 7. The summed E-state index contributed by atoms with van der Waals surface area (Å²) in [5, 5.41) is 1.10. The van der Waals surface area contributed by atoms with Gasteiger partial charge in [0.25, 0.3) is 20.1 Å². The smallest absolute Gasteiger partial charge is 0.418 e. The Morgan fingerprint density at radius 1 is 0.679 bits per heavy atom. The van der Waals surface area contributed by atoms with E-state index in [0.29, 0.717) is 22.6 Å². The molecular formula is C35H25F7N2O7S2. The summed E-state index contributed by atoms with van der Waals surface area (Å²) in [6.45, 7) is 1.44. The molecule has 0 atom stereocenters. The number of nitrogens with zero attached hydrogens (tertiary/aromatic N) is 1. The summed E-state index contributed by atoms with van der Waals surface area (Å²) in [6, 6.07) is 20.5. The van der Waals surface area contributed by atoms with Gasteiger partial charge in [-0.1, -0.05) is 42.5 Å². The van der Waals surface area contributed by atoms with E-state index in [2.05, 4.69) is 4.98 Å². The van der Waals surface area contributed by atoms with Crippen LogP contribution in [0.4, 0.5) is 36.4 Å². The van der Waals surface area contributed by atoms with E-state index in [1.165, 1.54) is 38.3 Å². The van der Waals surface area contributed by atoms with Crippen molar-refractivity contribution in [2.75, 3.05) is 11.8 Å². The molecule has 0 amide bonds. The van der Waals surface area contributed by atoms with Crippen molar-refractivity contribution in [3.05, 3.63) is 126 Å². The predicted molar refractivity (Wildman–Crippen MR) is 181 cm³/mol. The minimum Gasteiger partial charge on any atom is -0.496 e. The van der Waals surface area contributed by atoms with Crippen LogP contribution in [0.25, 0.3) is 21.7 Å². The molecule has 5 aromatic carbocycles. The van der Waals surface area contributed by atoms with Crippen molar-refractivity contribution >= 4 is 47.5 Å². The van der Waals surface area contributed by atoms with Crippen molar-refractivity contribution in [3.8, 4) is 17.2 Å². The molecule has 0 radical (unpaired) electrons. The average Bonchev–Trinajstić information content (AvgIpc) is 3.07. The molecule has 0 aliphatic rings. The first kappa shape index (κ1) is 38.8. The van der Waals surface area contributed by atoms with Crippen LogP contribution in [-0.2, 0) is 32.5 Å². The number of halogens is 7. The van der Waals surface area contributed by atoms with Gasteiger partial charge in [-0.25, -0.2) is 12.8 Å². The Balaban J connectivity index is 0.000000281. The summed E-state index contributed by atoms with van der Waals surface area (Å²) in [5.74, 6) is -0.902. The Hall–Kier alpha value is -5.46. The molecule has 0 saturated carbocycles. The monoisotopic (exact) mass is 782 g/mol. The van der Waals surface area contributed by atoms with Gasteiger partial charge in [-0.2, -0.15) is 34.8 Å². The fourth-order valence-electron chi connectivity index (χ4n) is 5.20. The average molecular weight is 783 g/mol. The number of rotatable bonds is 7. The van der Waals surface area contributed by atoms with Crippen LogP contribution in [0.2, 0.25) is 0 Å². The highest BCUT2D eigenvalue weighted by Crippen LogP contribution is 2.39. The number of fused-ring (bicyclic) bond motifs is 2. The highest BCUT2D eigenvalue weighted by atomic mass is 32.2. The molecule has 6 rings (SSSR count). The van der Waals surface area contributed by atoms with Gasteiger partial charge in [-0.3, -0.25) is 14.3 Å². The first-order chi connectivity index (χ1) is 24.7. The summed E-state index contributed by atoms with van der Waals surface area (Å²) in [4.78, 5) is 2.74. The van der Waals surface area contributed by atoms with E-state index in [-0.39, 0.29) is 33.0 Å². The standard InChI is InChI=1S/C24H15F7N2O3S.C11H10O4S/c1-13-11-20(15-5-4-7-17(22(15)32-13)24(29,30)31)36-14-9-10-19(18(25)12-14)33-37(34,35)21-8-3-2-6-16(21)23(26,27)28;1-15-10-6-7-11(16(12,13)14)9-5-3-2-4-8(9)10/h2-12,33H,1H3;2-7H,1H3,(H,12,13,14). The van der Waals surface area contributed by atoms with Crippen LogP contribution in [0.15, 0.2) is 113 Å². The maximum absolute atomic E-state index is 14.8. The van der Waals surface area contributed by atoms with Crippen LogP contribution in [0.3, 0.4) is 0 Å². The van der Waals surface area contributed by atoms with Gasteiger partial charge in [0, 0.05) is 34.0 Å². The number of nitrogens with one attached hydrogen (secondary N) is 1. The maximum Gasteiger partial charge on any atom is 0.418 e. The number of para-hydroxylation sites is 1. The zero-order chi connectivity index (χ0) is 38.9. The molecule has 53 heavy (non-hydrogen) atoms. The van der Waals surface area contributed by atoms with Crippen LogP contribution in [-0.4, -0.2) is 33.5 Å². The van der Waals surface area contributed by atoms with Crippen molar-refractivity contribution in [2.24, 2.45) is 0 Å². The van der Waals surface area contributed by atoms with E-state index in [4.69, 9.17) is 14.0 Å². The van der Waals surface area contributed by atoms with Crippen LogP contribution in [0.5, 0.6) is 17.2 Å². The third-order valence-corrected chi connectivity index (χ3v) is 9.81. The second kappa shape index (κ2) is 14.5. The molecule has 6 aromatic rings. The van der Waals surface area contributed by atoms with Gasteiger partial charge in [0.15, 0.2) is 5.82 Å². The Bertz CT molecular complexity index is 2560. The van der Waals surface area contributed by atoms with Crippen LogP contribution >= 0.6 is 0 Å². The number of anilines is 1. The van der Waals surface area contributed by atoms with E-state index >= 15 is 0 Å². The van der Waals surface area contributed by atoms with Crippen molar-refractivity contribution < 1.29 is 61.6 Å². The number of aromatic nitrogens is 1. The molecule has 278 valence electrons. The lowest BCUT2D eigenvalue weighted by Gasteiger charge is -2.16. The van der Waals surface area contributed by atoms with Gasteiger partial charge in [-0.15, -0.1) is 0 Å². The van der Waals surface area contributed by atoms with E-state index in [0.717, 1.165) is 48.5 Å². The molecule has 0 fully saturated rings. The summed E-state index contributed by atoms with van der Waals surface area (Å²) >= 11 is 0. The van der Waals surface area contributed by atoms with E-state index in [1.807, 2.05) is 0 Å². The van der Waals surface area contributed by atoms with Gasteiger partial charge in [0.1, 0.15) is 22.1 Å². The number of benzene rings is 5. The molecule has 2 N–H and O–H groups in total. The molecule has 9 nitrogen and oxygen atoms in total. The third kappa shape index (κ3) is 8.61. The van der Waals surface area contributed by atoms with E-state index < -0.39 is 60.0 Å². The minimum atomic E-state index is -4.97. The van der Waals surface area contributed by atoms with Gasteiger partial charge < -0.3 is 9.47 Å². The van der Waals surface area contributed by atoms with Crippen LogP contribution in [0.1, 0.15) is 16.8 Å². The summed E-state index contributed by atoms with van der Waals surface area (Å²) in [7, 11) is -7.54. The first-order valence-corrected chi connectivity index (χ1v) is 17.8. The molecule has 0 unspecified atom stereocenters. The highest BCUT2D eigenvalue weighted by Gasteiger charge is 2.37. The normalized spacial score (nSPS) is 12.3. The number of sulfonamides is 1. The van der Waals surface area contributed by atoms with E-state index in [1.54, 1.807) is 29.0 Å². The SMILES string of the molecule is COc1ccc(S(=O)(=O)O)c2ccccc12.Cc1cc(Oc2ccc(NS(=O)(=O)c3ccccc3C(F)(F)F)c(F)c2)c2cccc(C(F)(F)F)c2n1. The summed E-state index contributed by atoms with van der Waals surface area (Å²) in [6.07, 6.45) is -9.66. The fourth-order valence-corrected chi connectivity index (χ4v) is 7.19. The zero-order valence-corrected chi connectivity index (χ0v) is 28.8. The molecular weight excluding hydrogens is 758 g/mol. The highest BCUT2D eigenvalue weighted by molar-refractivity contribution is 7.92. The third-order valence-electron chi connectivity index (χ3n) is 7.47. The van der Waals surface area contributed by atoms with Gasteiger partial charge >= 0.3 is 12.4 Å². The van der Waals surface area contributed by atoms with Crippen molar-refractivity contribution in [3.63, 3.8) is 0 Å². The molecule has 0 spiro atoms. The molecule has 0 saturated heterocycles. The predicted octanol–water partition coefficient (Wildman–Crippen LogP) is 9.41. The van der Waals surface area contributed by atoms with E-state index in [9.17, 15) is 47.6 Å². The molecule has 0 aliphatic heterocycles. The maximum atomic E-state index is 14.8. The lowest BCUT2D eigenvalue weighted by atomic mass is 10.1. The van der Waals surface area contributed by atoms with Crippen LogP contribution in [0, 0.1) is 12.7 Å². The Morgan fingerprint density at radius 2 is 1.28 bits per heavy atom. The molecule has 18 heteroatoms. The first-order valence-electron chi connectivity index (χ1n) is 14.9. The largest absolute Gasteiger partial charge is 0.496 e. The molecule has 1 aromatic heterocycles. The van der Waals surface area contributed by atoms with Crippen LogP contribution < -0.4 is 14.2 Å². The van der Waals surface area contributed by atoms with Crippen molar-refractivity contribution in [1.82, 2.24) is 4.98 Å². The van der Waals surface area contributed by atoms with Gasteiger partial charge in [-0.05, 0) is 55.5 Å². The number of pyridine rings is 1. The Kier molecular flexibility index (Phi) is 10.6. The number of ether oxygens (including phenoxy) is 2. The van der Waals surface area contributed by atoms with Crippen molar-refractivity contribution in [1.29, 1.82) is 0 Å². The minimum absolute atomic E-state index is 0.00521. The summed E-state index contributed by atoms with van der Waals surface area (Å²) in [5.41, 5.74) is -3.28. The quantitative estimate of drug-likeness (QED) is 0.121. The number of methoxy groups -OCH3 is 1. The lowest BCUT2D eigenvalue weighted by molar-refractivity contribution is -0.140. The fraction of sp³-hybridized carbons (Fsp3) is 0.114. The van der Waals surface area contributed by atoms with Gasteiger partial charge in [0.2, 0.25) is 0 Å². The Morgan fingerprint density at radius 3 is 1.91 bits per heavy atom. The molecule has 1 heterocycles. The lowest BCUT2D eigenvalue weighted by Crippen LogP contribution is -2.19. The topological polar surface area (TPSA) is 132 Å². The Labute approximate surface area is 297 Å². The molecule has 0 bridgehead atoms. The van der Waals surface area contributed by atoms with Crippen molar-refractivity contribution in [2.45, 2.75) is 29.1 Å². The zero-order valence-electron chi connectivity index (χ0n) is 27.1.